The molecule has 3 rings (SSSR count). The molecule has 3 aromatic rings. The summed E-state index contributed by atoms with van der Waals surface area (Å²) in [7, 11) is 0. The number of carbonyl (C=O) groups excluding carboxylic acids is 3. The van der Waals surface area contributed by atoms with E-state index < -0.39 is 0 Å². The summed E-state index contributed by atoms with van der Waals surface area (Å²) < 4.78 is 0. The first-order chi connectivity index (χ1) is 16.5. The number of nitriles is 1. The molecule has 2 aromatic heterocycles. The number of nitrogens with one attached hydrogen (secondary N) is 3. The zero-order valence-corrected chi connectivity index (χ0v) is 19.4. The summed E-state index contributed by atoms with van der Waals surface area (Å²) in [4.78, 5) is 44.6. The van der Waals surface area contributed by atoms with Crippen LogP contribution in [-0.2, 0) is 4.79 Å². The second kappa shape index (κ2) is 12.2. The van der Waals surface area contributed by atoms with Crippen LogP contribution in [0.1, 0.15) is 40.5 Å². The van der Waals surface area contributed by atoms with Gasteiger partial charge < -0.3 is 10.6 Å². The zero-order valence-electron chi connectivity index (χ0n) is 18.6. The number of aromatic nitrogens is 2. The minimum atomic E-state index is -0.257. The van der Waals surface area contributed by atoms with E-state index in [0.29, 0.717) is 41.3 Å². The summed E-state index contributed by atoms with van der Waals surface area (Å²) in [6.45, 7) is 2.37. The van der Waals surface area contributed by atoms with Crippen LogP contribution >= 0.6 is 11.3 Å². The molecule has 0 fully saturated rings. The highest BCUT2D eigenvalue weighted by molar-refractivity contribution is 7.14. The van der Waals surface area contributed by atoms with Gasteiger partial charge in [0.25, 0.3) is 11.8 Å². The Hall–Kier alpha value is -4.10. The Labute approximate surface area is 201 Å². The van der Waals surface area contributed by atoms with Crippen LogP contribution in [0, 0.1) is 17.2 Å². The van der Waals surface area contributed by atoms with E-state index in [0.717, 1.165) is 5.56 Å². The Bertz CT molecular complexity index is 1170. The topological polar surface area (TPSA) is 137 Å². The fourth-order valence-electron chi connectivity index (χ4n) is 3.09. The van der Waals surface area contributed by atoms with E-state index in [9.17, 15) is 14.4 Å². The van der Waals surface area contributed by atoms with Gasteiger partial charge in [-0.3, -0.25) is 24.7 Å². The lowest BCUT2D eigenvalue weighted by Gasteiger charge is -2.11. The Balaban J connectivity index is 1.48. The quantitative estimate of drug-likeness (QED) is 0.384. The van der Waals surface area contributed by atoms with E-state index >= 15 is 0 Å². The van der Waals surface area contributed by atoms with Crippen LogP contribution in [0.4, 0.5) is 5.13 Å². The highest BCUT2D eigenvalue weighted by atomic mass is 32.1. The van der Waals surface area contributed by atoms with Gasteiger partial charge in [-0.2, -0.15) is 5.26 Å². The van der Waals surface area contributed by atoms with Gasteiger partial charge in [0.1, 0.15) is 6.54 Å². The van der Waals surface area contributed by atoms with Gasteiger partial charge in [0.2, 0.25) is 5.91 Å². The monoisotopic (exact) mass is 476 g/mol. The molecular weight excluding hydrogens is 452 g/mol. The van der Waals surface area contributed by atoms with Crippen molar-refractivity contribution in [2.24, 2.45) is 5.92 Å². The van der Waals surface area contributed by atoms with Gasteiger partial charge in [0, 0.05) is 47.4 Å². The Morgan fingerprint density at radius 1 is 1.03 bits per heavy atom. The standard InChI is InChI=1S/C24H24N6O3S/c1-16(14-21(31)27-13-9-25)6-12-28-22(32)18-4-2-17(3-5-18)20-15-34-24(29-20)30-23(33)19-7-10-26-11-8-19/h2-5,7-8,10-11,15-16H,6,12-14H2,1H3,(H,27,31)(H,28,32)(H,29,30,33). The highest BCUT2D eigenvalue weighted by Crippen LogP contribution is 2.25. The molecule has 0 aliphatic heterocycles. The molecule has 34 heavy (non-hydrogen) atoms. The fourth-order valence-corrected chi connectivity index (χ4v) is 3.81. The second-order valence-corrected chi connectivity index (χ2v) is 8.45. The number of pyridine rings is 1. The first kappa shape index (κ1) is 24.5. The molecule has 1 aromatic carbocycles. The van der Waals surface area contributed by atoms with Crippen LogP contribution in [-0.4, -0.2) is 40.8 Å². The lowest BCUT2D eigenvalue weighted by molar-refractivity contribution is -0.121. The van der Waals surface area contributed by atoms with Crippen molar-refractivity contribution in [1.29, 1.82) is 5.26 Å². The van der Waals surface area contributed by atoms with E-state index in [4.69, 9.17) is 5.26 Å². The number of rotatable bonds is 10. The molecule has 0 aliphatic carbocycles. The predicted octanol–water partition coefficient (Wildman–Crippen LogP) is 3.24. The van der Waals surface area contributed by atoms with Crippen molar-refractivity contribution in [2.45, 2.75) is 19.8 Å². The number of hydrogen-bond donors (Lipinski definition) is 3. The smallest absolute Gasteiger partial charge is 0.257 e. The molecular formula is C24H24N6O3S. The number of anilines is 1. The molecule has 0 bridgehead atoms. The van der Waals surface area contributed by atoms with E-state index in [2.05, 4.69) is 25.9 Å². The summed E-state index contributed by atoms with van der Waals surface area (Å²) in [6, 6.07) is 12.2. The van der Waals surface area contributed by atoms with Crippen LogP contribution in [0.2, 0.25) is 0 Å². The first-order valence-corrected chi connectivity index (χ1v) is 11.5. The van der Waals surface area contributed by atoms with Gasteiger partial charge in [-0.05, 0) is 36.6 Å². The highest BCUT2D eigenvalue weighted by Gasteiger charge is 2.12. The Kier molecular flexibility index (Phi) is 8.82. The second-order valence-electron chi connectivity index (χ2n) is 7.59. The summed E-state index contributed by atoms with van der Waals surface area (Å²) in [5, 5.41) is 18.9. The van der Waals surface area contributed by atoms with Crippen molar-refractivity contribution in [1.82, 2.24) is 20.6 Å². The molecule has 0 aliphatic rings. The molecule has 0 saturated carbocycles. The third-order valence-electron chi connectivity index (χ3n) is 4.93. The molecule has 0 saturated heterocycles. The van der Waals surface area contributed by atoms with Gasteiger partial charge in [-0.25, -0.2) is 4.98 Å². The van der Waals surface area contributed by atoms with E-state index in [1.54, 1.807) is 48.8 Å². The average molecular weight is 477 g/mol. The lowest BCUT2D eigenvalue weighted by atomic mass is 10.0. The number of hydrogen-bond acceptors (Lipinski definition) is 7. The van der Waals surface area contributed by atoms with Gasteiger partial charge in [0.05, 0.1) is 11.8 Å². The van der Waals surface area contributed by atoms with E-state index in [1.807, 2.05) is 18.4 Å². The molecule has 3 amide bonds. The molecule has 1 unspecified atom stereocenters. The maximum atomic E-state index is 12.4. The predicted molar refractivity (Wildman–Crippen MR) is 129 cm³/mol. The van der Waals surface area contributed by atoms with Crippen molar-refractivity contribution in [3.05, 3.63) is 65.3 Å². The SMILES string of the molecule is CC(CCNC(=O)c1ccc(-c2csc(NC(=O)c3ccncc3)n2)cc1)CC(=O)NCC#N. The van der Waals surface area contributed by atoms with Gasteiger partial charge >= 0.3 is 0 Å². The van der Waals surface area contributed by atoms with Crippen molar-refractivity contribution < 1.29 is 14.4 Å². The average Bonchev–Trinajstić information content (AvgIpc) is 3.31. The van der Waals surface area contributed by atoms with Gasteiger partial charge in [0.15, 0.2) is 5.13 Å². The largest absolute Gasteiger partial charge is 0.352 e. The zero-order chi connectivity index (χ0) is 24.3. The molecule has 10 heteroatoms. The third-order valence-corrected chi connectivity index (χ3v) is 5.69. The Morgan fingerprint density at radius 3 is 2.44 bits per heavy atom. The van der Waals surface area contributed by atoms with Crippen LogP contribution < -0.4 is 16.0 Å². The molecule has 0 spiro atoms. The van der Waals surface area contributed by atoms with Crippen LogP contribution in [0.3, 0.4) is 0 Å². The van der Waals surface area contributed by atoms with E-state index in [1.165, 1.54) is 11.3 Å². The maximum absolute atomic E-state index is 12.4. The normalized spacial score (nSPS) is 11.2. The number of amides is 3. The minimum absolute atomic E-state index is 0.000734. The summed E-state index contributed by atoms with van der Waals surface area (Å²) in [5.74, 6) is -0.541. The summed E-state index contributed by atoms with van der Waals surface area (Å²) in [5.41, 5.74) is 2.54. The molecule has 1 atom stereocenters. The molecule has 0 radical (unpaired) electrons. The number of benzene rings is 1. The molecule has 174 valence electrons. The minimum Gasteiger partial charge on any atom is -0.352 e. The fraction of sp³-hybridized carbons (Fsp3) is 0.250. The van der Waals surface area contributed by atoms with Crippen LogP contribution in [0.5, 0.6) is 0 Å². The van der Waals surface area contributed by atoms with E-state index in [-0.39, 0.29) is 30.2 Å². The molecule has 3 N–H and O–H groups in total. The summed E-state index contributed by atoms with van der Waals surface area (Å²) in [6.07, 6.45) is 4.07. The van der Waals surface area contributed by atoms with Gasteiger partial charge in [-0.15, -0.1) is 11.3 Å². The Morgan fingerprint density at radius 2 is 1.74 bits per heavy atom. The number of thiazole rings is 1. The summed E-state index contributed by atoms with van der Waals surface area (Å²) >= 11 is 1.32. The van der Waals surface area contributed by atoms with Gasteiger partial charge in [-0.1, -0.05) is 19.1 Å². The van der Waals surface area contributed by atoms with Crippen molar-refractivity contribution in [3.63, 3.8) is 0 Å². The number of nitrogens with zero attached hydrogens (tertiary/aromatic N) is 3. The molecule has 2 heterocycles. The number of carbonyl (C=O) groups is 3. The molecule has 9 nitrogen and oxygen atoms in total. The first-order valence-electron chi connectivity index (χ1n) is 10.7. The van der Waals surface area contributed by atoms with Crippen molar-refractivity contribution >= 4 is 34.2 Å². The third kappa shape index (κ3) is 7.21. The van der Waals surface area contributed by atoms with Crippen molar-refractivity contribution in [2.75, 3.05) is 18.4 Å². The maximum Gasteiger partial charge on any atom is 0.257 e. The van der Waals surface area contributed by atoms with Crippen molar-refractivity contribution in [3.8, 4) is 17.3 Å². The van der Waals surface area contributed by atoms with Crippen LogP contribution in [0.25, 0.3) is 11.3 Å². The van der Waals surface area contributed by atoms with Crippen LogP contribution in [0.15, 0.2) is 54.2 Å². The lowest BCUT2D eigenvalue weighted by Crippen LogP contribution is -2.28.